The molecule has 2 aromatic heterocycles. The second-order valence-electron chi connectivity index (χ2n) is 8.99. The zero-order chi connectivity index (χ0) is 22.2. The molecule has 0 spiro atoms. The summed E-state index contributed by atoms with van der Waals surface area (Å²) in [6.45, 7) is 3.00. The summed E-state index contributed by atoms with van der Waals surface area (Å²) in [5.74, 6) is 0.863. The molecule has 33 heavy (non-hydrogen) atoms. The van der Waals surface area contributed by atoms with Crippen LogP contribution in [0.15, 0.2) is 75.6 Å². The van der Waals surface area contributed by atoms with Crippen molar-refractivity contribution >= 4 is 54.6 Å². The van der Waals surface area contributed by atoms with Crippen molar-refractivity contribution in [2.45, 2.75) is 45.4 Å². The van der Waals surface area contributed by atoms with E-state index in [1.807, 2.05) is 12.1 Å². The largest absolute Gasteiger partial charge is 0.493 e. The molecule has 0 aliphatic carbocycles. The third kappa shape index (κ3) is 3.62. The van der Waals surface area contributed by atoms with Crippen LogP contribution in [0.1, 0.15) is 45.4 Å². The van der Waals surface area contributed by atoms with E-state index < -0.39 is 0 Å². The van der Waals surface area contributed by atoms with E-state index in [0.717, 1.165) is 62.7 Å². The Morgan fingerprint density at radius 3 is 2.03 bits per heavy atom. The normalized spacial score (nSPS) is 12.0. The van der Waals surface area contributed by atoms with Crippen molar-refractivity contribution < 1.29 is 13.6 Å². The van der Waals surface area contributed by atoms with Gasteiger partial charge in [-0.3, -0.25) is 0 Å². The van der Waals surface area contributed by atoms with Gasteiger partial charge < -0.3 is 13.6 Å². The first kappa shape index (κ1) is 20.2. The van der Waals surface area contributed by atoms with Crippen molar-refractivity contribution in [3.05, 3.63) is 66.7 Å². The number of unbranched alkanes of at least 4 members (excludes halogenated alkanes) is 5. The maximum absolute atomic E-state index is 6.33. The first-order valence-corrected chi connectivity index (χ1v) is 12.1. The third-order valence-electron chi connectivity index (χ3n) is 6.68. The molecule has 0 amide bonds. The van der Waals surface area contributed by atoms with Crippen LogP contribution < -0.4 is 4.74 Å². The second kappa shape index (κ2) is 8.47. The van der Waals surface area contributed by atoms with Gasteiger partial charge in [-0.1, -0.05) is 63.3 Å². The molecule has 4 aromatic carbocycles. The molecule has 0 aliphatic rings. The molecule has 0 radical (unpaired) electrons. The van der Waals surface area contributed by atoms with Crippen LogP contribution >= 0.6 is 0 Å². The Bertz CT molecular complexity index is 1580. The van der Waals surface area contributed by atoms with Crippen LogP contribution in [0.25, 0.3) is 54.6 Å². The van der Waals surface area contributed by atoms with E-state index in [9.17, 15) is 0 Å². The Kier molecular flexibility index (Phi) is 5.18. The summed E-state index contributed by atoms with van der Waals surface area (Å²) in [7, 11) is 0. The summed E-state index contributed by atoms with van der Waals surface area (Å²) < 4.78 is 18.7. The zero-order valence-electron chi connectivity index (χ0n) is 19.0. The van der Waals surface area contributed by atoms with Gasteiger partial charge >= 0.3 is 0 Å². The lowest BCUT2D eigenvalue weighted by Crippen LogP contribution is -1.97. The van der Waals surface area contributed by atoms with E-state index >= 15 is 0 Å². The highest BCUT2D eigenvalue weighted by Gasteiger charge is 2.16. The standard InChI is InChI=1S/C30H28O3/c1-2-3-4-5-6-9-16-31-22-12-13-23-24-14-15-25-26-17-20-10-7-8-11-21(20)18-27(26)32-30(25)29(24)33-28(23)19-22/h7-8,10-15,17-19H,2-6,9,16H2,1H3. The molecule has 0 aliphatic heterocycles. The molecular weight excluding hydrogens is 408 g/mol. The van der Waals surface area contributed by atoms with Crippen LogP contribution in [0.2, 0.25) is 0 Å². The Balaban J connectivity index is 1.33. The highest BCUT2D eigenvalue weighted by atomic mass is 16.5. The van der Waals surface area contributed by atoms with Crippen LogP contribution in [0.3, 0.4) is 0 Å². The predicted molar refractivity (Wildman–Crippen MR) is 137 cm³/mol. The highest BCUT2D eigenvalue weighted by molar-refractivity contribution is 6.20. The summed E-state index contributed by atoms with van der Waals surface area (Å²) in [6, 6.07) is 23.2. The molecule has 6 rings (SSSR count). The van der Waals surface area contributed by atoms with E-state index in [1.54, 1.807) is 0 Å². The van der Waals surface area contributed by atoms with Crippen LogP contribution in [0.4, 0.5) is 0 Å². The molecule has 6 aromatic rings. The van der Waals surface area contributed by atoms with Crippen LogP contribution in [-0.4, -0.2) is 6.61 Å². The van der Waals surface area contributed by atoms with Gasteiger partial charge in [0.25, 0.3) is 0 Å². The van der Waals surface area contributed by atoms with E-state index in [4.69, 9.17) is 13.6 Å². The molecule has 3 nitrogen and oxygen atoms in total. The van der Waals surface area contributed by atoms with Gasteiger partial charge in [0.1, 0.15) is 16.9 Å². The Hall–Kier alpha value is -3.46. The molecule has 0 saturated heterocycles. The molecule has 0 bridgehead atoms. The minimum Gasteiger partial charge on any atom is -0.493 e. The predicted octanol–water partition coefficient (Wildman–Crippen LogP) is 9.38. The number of benzene rings is 4. The number of rotatable bonds is 8. The number of ether oxygens (including phenoxy) is 1. The number of hydrogen-bond acceptors (Lipinski definition) is 3. The van der Waals surface area contributed by atoms with E-state index in [0.29, 0.717) is 0 Å². The second-order valence-corrected chi connectivity index (χ2v) is 8.99. The Morgan fingerprint density at radius 1 is 0.606 bits per heavy atom. The fourth-order valence-corrected chi connectivity index (χ4v) is 4.90. The maximum Gasteiger partial charge on any atom is 0.178 e. The third-order valence-corrected chi connectivity index (χ3v) is 6.68. The number of hydrogen-bond donors (Lipinski definition) is 0. The first-order chi connectivity index (χ1) is 16.3. The van der Waals surface area contributed by atoms with Gasteiger partial charge in [-0.2, -0.15) is 0 Å². The quantitative estimate of drug-likeness (QED) is 0.223. The minimum atomic E-state index is 0.749. The van der Waals surface area contributed by atoms with Gasteiger partial charge in [-0.05, 0) is 53.6 Å². The van der Waals surface area contributed by atoms with Gasteiger partial charge in [0.15, 0.2) is 11.2 Å². The van der Waals surface area contributed by atoms with Crippen LogP contribution in [0, 0.1) is 0 Å². The highest BCUT2D eigenvalue weighted by Crippen LogP contribution is 2.40. The SMILES string of the molecule is CCCCCCCCOc1ccc2c(c1)oc1c2ccc2c3cc4ccccc4cc3oc21. The molecular formula is C30H28O3. The topological polar surface area (TPSA) is 35.5 Å². The average Bonchev–Trinajstić information content (AvgIpc) is 3.39. The summed E-state index contributed by atoms with van der Waals surface area (Å²) in [4.78, 5) is 0. The average molecular weight is 437 g/mol. The van der Waals surface area contributed by atoms with E-state index in [-0.39, 0.29) is 0 Å². The molecule has 2 heterocycles. The Labute approximate surface area is 192 Å². The molecule has 0 saturated carbocycles. The van der Waals surface area contributed by atoms with Crippen molar-refractivity contribution in [2.75, 3.05) is 6.61 Å². The number of fused-ring (bicyclic) bond motifs is 8. The lowest BCUT2D eigenvalue weighted by atomic mass is 10.1. The van der Waals surface area contributed by atoms with Gasteiger partial charge in [0.05, 0.1) is 6.61 Å². The summed E-state index contributed by atoms with van der Waals surface area (Å²) >= 11 is 0. The van der Waals surface area contributed by atoms with Crippen LogP contribution in [0.5, 0.6) is 5.75 Å². The Morgan fingerprint density at radius 2 is 1.24 bits per heavy atom. The van der Waals surface area contributed by atoms with Crippen molar-refractivity contribution in [1.29, 1.82) is 0 Å². The van der Waals surface area contributed by atoms with Crippen molar-refractivity contribution in [3.63, 3.8) is 0 Å². The van der Waals surface area contributed by atoms with Gasteiger partial charge in [-0.15, -0.1) is 0 Å². The van der Waals surface area contributed by atoms with Gasteiger partial charge in [-0.25, -0.2) is 0 Å². The van der Waals surface area contributed by atoms with Crippen molar-refractivity contribution in [3.8, 4) is 5.75 Å². The fraction of sp³-hybridized carbons (Fsp3) is 0.267. The zero-order valence-corrected chi connectivity index (χ0v) is 19.0. The molecule has 0 unspecified atom stereocenters. The summed E-state index contributed by atoms with van der Waals surface area (Å²) in [5.41, 5.74) is 3.34. The minimum absolute atomic E-state index is 0.749. The fourth-order valence-electron chi connectivity index (χ4n) is 4.90. The van der Waals surface area contributed by atoms with Crippen molar-refractivity contribution in [2.24, 2.45) is 0 Å². The van der Waals surface area contributed by atoms with Gasteiger partial charge in [0.2, 0.25) is 0 Å². The molecule has 3 heteroatoms. The summed E-state index contributed by atoms with van der Waals surface area (Å²) in [5, 5.41) is 6.76. The molecule has 0 N–H and O–H groups in total. The van der Waals surface area contributed by atoms with Crippen molar-refractivity contribution in [1.82, 2.24) is 0 Å². The van der Waals surface area contributed by atoms with E-state index in [1.165, 1.54) is 42.9 Å². The van der Waals surface area contributed by atoms with Gasteiger partial charge in [0, 0.05) is 27.6 Å². The lowest BCUT2D eigenvalue weighted by Gasteiger charge is -2.05. The molecule has 166 valence electrons. The molecule has 0 fully saturated rings. The van der Waals surface area contributed by atoms with Crippen LogP contribution in [-0.2, 0) is 0 Å². The molecule has 0 atom stereocenters. The first-order valence-electron chi connectivity index (χ1n) is 12.1. The summed E-state index contributed by atoms with van der Waals surface area (Å²) in [6.07, 6.45) is 7.56. The van der Waals surface area contributed by atoms with E-state index in [2.05, 4.69) is 61.5 Å². The lowest BCUT2D eigenvalue weighted by molar-refractivity contribution is 0.304. The smallest absolute Gasteiger partial charge is 0.178 e. The maximum atomic E-state index is 6.33. The number of furan rings is 2. The monoisotopic (exact) mass is 436 g/mol.